The van der Waals surface area contributed by atoms with Crippen LogP contribution >= 0.6 is 0 Å². The number of anilines is 1. The number of hydrogen-bond donors (Lipinski definition) is 1. The molecular formula is C25H19NO4. The van der Waals surface area contributed by atoms with Gasteiger partial charge in [-0.1, -0.05) is 30.3 Å². The number of furan rings is 2. The average molecular weight is 397 g/mol. The van der Waals surface area contributed by atoms with Gasteiger partial charge in [0.25, 0.3) is 5.91 Å². The molecule has 0 radical (unpaired) electrons. The highest BCUT2D eigenvalue weighted by molar-refractivity contribution is 6.08. The highest BCUT2D eigenvalue weighted by atomic mass is 16.3. The fourth-order valence-corrected chi connectivity index (χ4v) is 2.99. The largest absolute Gasteiger partial charge is 0.469 e. The maximum atomic E-state index is 12.4. The SMILES string of the molecule is Cc1occc1C(=O)Nc1ccc(C(=O)/C=C/c2ccc(-c3ccccc3)o2)cc1. The summed E-state index contributed by atoms with van der Waals surface area (Å²) in [6.45, 7) is 1.73. The Kier molecular flexibility index (Phi) is 5.44. The lowest BCUT2D eigenvalue weighted by Gasteiger charge is -2.05. The summed E-state index contributed by atoms with van der Waals surface area (Å²) >= 11 is 0. The molecule has 0 unspecified atom stereocenters. The van der Waals surface area contributed by atoms with Gasteiger partial charge in [0.2, 0.25) is 0 Å². The van der Waals surface area contributed by atoms with Gasteiger partial charge < -0.3 is 14.2 Å². The van der Waals surface area contributed by atoms with Crippen molar-refractivity contribution in [2.45, 2.75) is 6.92 Å². The molecule has 4 rings (SSSR count). The molecular weight excluding hydrogens is 378 g/mol. The van der Waals surface area contributed by atoms with Crippen molar-refractivity contribution >= 4 is 23.5 Å². The summed E-state index contributed by atoms with van der Waals surface area (Å²) in [6, 6.07) is 21.8. The number of benzene rings is 2. The minimum absolute atomic E-state index is 0.156. The van der Waals surface area contributed by atoms with Crippen LogP contribution in [0.3, 0.4) is 0 Å². The van der Waals surface area contributed by atoms with Crippen molar-refractivity contribution in [1.29, 1.82) is 0 Å². The second kappa shape index (κ2) is 8.49. The van der Waals surface area contributed by atoms with E-state index in [2.05, 4.69) is 5.32 Å². The lowest BCUT2D eigenvalue weighted by molar-refractivity contribution is 0.102. The number of allylic oxidation sites excluding steroid dienone is 1. The number of nitrogens with one attached hydrogen (secondary N) is 1. The third-order valence-corrected chi connectivity index (χ3v) is 4.61. The Hall–Kier alpha value is -4.12. The maximum absolute atomic E-state index is 12.4. The molecule has 0 saturated heterocycles. The van der Waals surface area contributed by atoms with Crippen molar-refractivity contribution < 1.29 is 18.4 Å². The second-order valence-corrected chi connectivity index (χ2v) is 6.69. The van der Waals surface area contributed by atoms with Crippen LogP contribution < -0.4 is 5.32 Å². The number of amides is 1. The molecule has 2 aromatic heterocycles. The topological polar surface area (TPSA) is 72.5 Å². The average Bonchev–Trinajstić information content (AvgIpc) is 3.42. The third-order valence-electron chi connectivity index (χ3n) is 4.61. The summed E-state index contributed by atoms with van der Waals surface area (Å²) in [7, 11) is 0. The highest BCUT2D eigenvalue weighted by Gasteiger charge is 2.12. The molecule has 0 aliphatic carbocycles. The Bertz CT molecular complexity index is 1200. The summed E-state index contributed by atoms with van der Waals surface area (Å²) in [4.78, 5) is 24.7. The van der Waals surface area contributed by atoms with Gasteiger partial charge >= 0.3 is 0 Å². The zero-order valence-electron chi connectivity index (χ0n) is 16.3. The van der Waals surface area contributed by atoms with Gasteiger partial charge in [-0.05, 0) is 61.5 Å². The van der Waals surface area contributed by atoms with Crippen LogP contribution in [0.2, 0.25) is 0 Å². The summed E-state index contributed by atoms with van der Waals surface area (Å²) in [5.41, 5.74) is 2.57. The minimum atomic E-state index is -0.257. The summed E-state index contributed by atoms with van der Waals surface area (Å²) in [5.74, 6) is 1.48. The molecule has 0 atom stereocenters. The number of carbonyl (C=O) groups is 2. The molecule has 1 N–H and O–H groups in total. The Morgan fingerprint density at radius 2 is 1.67 bits per heavy atom. The minimum Gasteiger partial charge on any atom is -0.469 e. The fourth-order valence-electron chi connectivity index (χ4n) is 2.99. The lowest BCUT2D eigenvalue weighted by atomic mass is 10.1. The molecule has 5 heteroatoms. The molecule has 2 aromatic carbocycles. The van der Waals surface area contributed by atoms with Crippen LogP contribution in [0.15, 0.2) is 94.0 Å². The van der Waals surface area contributed by atoms with Gasteiger partial charge in [0.05, 0.1) is 11.8 Å². The number of aryl methyl sites for hydroxylation is 1. The Morgan fingerprint density at radius 3 is 2.37 bits per heavy atom. The number of hydrogen-bond acceptors (Lipinski definition) is 4. The maximum Gasteiger partial charge on any atom is 0.259 e. The predicted molar refractivity (Wildman–Crippen MR) is 115 cm³/mol. The van der Waals surface area contributed by atoms with E-state index in [0.717, 1.165) is 11.3 Å². The molecule has 2 heterocycles. The van der Waals surface area contributed by atoms with E-state index in [-0.39, 0.29) is 11.7 Å². The molecule has 0 saturated carbocycles. The van der Waals surface area contributed by atoms with E-state index in [1.165, 1.54) is 12.3 Å². The fraction of sp³-hybridized carbons (Fsp3) is 0.0400. The van der Waals surface area contributed by atoms with Crippen molar-refractivity contribution in [2.24, 2.45) is 0 Å². The Balaban J connectivity index is 1.40. The Labute approximate surface area is 173 Å². The summed E-state index contributed by atoms with van der Waals surface area (Å²) in [5, 5.41) is 2.78. The van der Waals surface area contributed by atoms with E-state index < -0.39 is 0 Å². The number of rotatable bonds is 6. The van der Waals surface area contributed by atoms with Crippen LogP contribution in [0.25, 0.3) is 17.4 Å². The lowest BCUT2D eigenvalue weighted by Crippen LogP contribution is -2.12. The smallest absolute Gasteiger partial charge is 0.259 e. The molecule has 0 aliphatic rings. The molecule has 4 aromatic rings. The van der Waals surface area contributed by atoms with E-state index >= 15 is 0 Å². The van der Waals surface area contributed by atoms with E-state index in [9.17, 15) is 9.59 Å². The first kappa shape index (κ1) is 19.2. The van der Waals surface area contributed by atoms with Crippen molar-refractivity contribution in [1.82, 2.24) is 0 Å². The van der Waals surface area contributed by atoms with Crippen LogP contribution in [0, 0.1) is 6.92 Å². The number of ketones is 1. The number of carbonyl (C=O) groups excluding carboxylic acids is 2. The van der Waals surface area contributed by atoms with Crippen LogP contribution in [0.5, 0.6) is 0 Å². The van der Waals surface area contributed by atoms with Gasteiger partial charge in [0.15, 0.2) is 5.78 Å². The van der Waals surface area contributed by atoms with Gasteiger partial charge in [0.1, 0.15) is 17.3 Å². The quantitative estimate of drug-likeness (QED) is 0.320. The molecule has 148 valence electrons. The van der Waals surface area contributed by atoms with Crippen LogP contribution in [0.1, 0.15) is 32.2 Å². The standard InChI is InChI=1S/C25H19NO4/c1-17-22(15-16-29-17)25(28)26-20-9-7-18(8-10-20)23(27)13-11-21-12-14-24(30-21)19-5-3-2-4-6-19/h2-16H,1H3,(H,26,28)/b13-11+. The van der Waals surface area contributed by atoms with Gasteiger partial charge in [-0.2, -0.15) is 0 Å². The monoisotopic (exact) mass is 397 g/mol. The molecule has 0 spiro atoms. The zero-order valence-corrected chi connectivity index (χ0v) is 16.3. The van der Waals surface area contributed by atoms with Crippen molar-refractivity contribution in [3.05, 3.63) is 108 Å². The van der Waals surface area contributed by atoms with Crippen LogP contribution in [0.4, 0.5) is 5.69 Å². The Morgan fingerprint density at radius 1 is 0.900 bits per heavy atom. The van der Waals surface area contributed by atoms with Crippen molar-refractivity contribution in [3.63, 3.8) is 0 Å². The van der Waals surface area contributed by atoms with Crippen molar-refractivity contribution in [3.8, 4) is 11.3 Å². The third kappa shape index (κ3) is 4.31. The second-order valence-electron chi connectivity index (χ2n) is 6.69. The van der Waals surface area contributed by atoms with Crippen LogP contribution in [-0.2, 0) is 0 Å². The first-order valence-electron chi connectivity index (χ1n) is 9.43. The predicted octanol–water partition coefficient (Wildman–Crippen LogP) is 6.00. The van der Waals surface area contributed by atoms with Gasteiger partial charge in [0, 0.05) is 16.8 Å². The van der Waals surface area contributed by atoms with E-state index in [0.29, 0.717) is 28.3 Å². The van der Waals surface area contributed by atoms with Gasteiger partial charge in [-0.3, -0.25) is 9.59 Å². The molecule has 0 aliphatic heterocycles. The van der Waals surface area contributed by atoms with Gasteiger partial charge in [-0.25, -0.2) is 0 Å². The van der Waals surface area contributed by atoms with E-state index in [4.69, 9.17) is 8.83 Å². The first-order valence-corrected chi connectivity index (χ1v) is 9.43. The molecule has 30 heavy (non-hydrogen) atoms. The zero-order chi connectivity index (χ0) is 20.9. The molecule has 5 nitrogen and oxygen atoms in total. The van der Waals surface area contributed by atoms with E-state index in [1.54, 1.807) is 43.3 Å². The summed E-state index contributed by atoms with van der Waals surface area (Å²) < 4.78 is 10.9. The molecule has 1 amide bonds. The molecule has 0 fully saturated rings. The van der Waals surface area contributed by atoms with E-state index in [1.807, 2.05) is 42.5 Å². The normalized spacial score (nSPS) is 11.0. The first-order chi connectivity index (χ1) is 14.6. The highest BCUT2D eigenvalue weighted by Crippen LogP contribution is 2.22. The molecule has 0 bridgehead atoms. The summed E-state index contributed by atoms with van der Waals surface area (Å²) in [6.07, 6.45) is 4.59. The van der Waals surface area contributed by atoms with Crippen LogP contribution in [-0.4, -0.2) is 11.7 Å². The van der Waals surface area contributed by atoms with Gasteiger partial charge in [-0.15, -0.1) is 0 Å². The van der Waals surface area contributed by atoms with Crippen molar-refractivity contribution in [2.75, 3.05) is 5.32 Å².